The fourth-order valence-corrected chi connectivity index (χ4v) is 2.94. The van der Waals surface area contributed by atoms with E-state index < -0.39 is 0 Å². The molecular formula is C18H28N2O3. The fraction of sp³-hybridized carbons (Fsp3) is 0.611. The highest BCUT2D eigenvalue weighted by molar-refractivity contribution is 5.78. The molecule has 1 N–H and O–H groups in total. The van der Waals surface area contributed by atoms with Crippen molar-refractivity contribution in [3.05, 3.63) is 23.3 Å². The first-order valence-electron chi connectivity index (χ1n) is 8.40. The molecule has 1 heterocycles. The van der Waals surface area contributed by atoms with Gasteiger partial charge in [-0.1, -0.05) is 19.8 Å². The number of benzene rings is 1. The average molecular weight is 320 g/mol. The lowest BCUT2D eigenvalue weighted by atomic mass is 9.99. The Labute approximate surface area is 139 Å². The molecule has 0 radical (unpaired) electrons. The van der Waals surface area contributed by atoms with Crippen LogP contribution >= 0.6 is 0 Å². The van der Waals surface area contributed by atoms with Crippen LogP contribution in [-0.2, 0) is 17.8 Å². The quantitative estimate of drug-likeness (QED) is 0.747. The second-order valence-corrected chi connectivity index (χ2v) is 5.99. The number of amides is 1. The van der Waals surface area contributed by atoms with E-state index in [1.54, 1.807) is 14.2 Å². The Balaban J connectivity index is 1.91. The molecule has 2 rings (SSSR count). The second-order valence-electron chi connectivity index (χ2n) is 5.99. The van der Waals surface area contributed by atoms with E-state index in [1.807, 2.05) is 6.07 Å². The maximum atomic E-state index is 12.0. The van der Waals surface area contributed by atoms with Gasteiger partial charge in [0, 0.05) is 19.6 Å². The molecule has 23 heavy (non-hydrogen) atoms. The summed E-state index contributed by atoms with van der Waals surface area (Å²) in [7, 11) is 3.30. The van der Waals surface area contributed by atoms with Gasteiger partial charge in [0.15, 0.2) is 11.5 Å². The topological polar surface area (TPSA) is 50.8 Å². The first-order valence-corrected chi connectivity index (χ1v) is 8.40. The van der Waals surface area contributed by atoms with Crippen molar-refractivity contribution in [1.82, 2.24) is 10.2 Å². The van der Waals surface area contributed by atoms with Gasteiger partial charge in [-0.3, -0.25) is 9.69 Å². The van der Waals surface area contributed by atoms with Gasteiger partial charge in [-0.25, -0.2) is 0 Å². The molecule has 0 atom stereocenters. The Morgan fingerprint density at radius 2 is 1.87 bits per heavy atom. The summed E-state index contributed by atoms with van der Waals surface area (Å²) in [4.78, 5) is 14.2. The van der Waals surface area contributed by atoms with Crippen LogP contribution in [0.4, 0.5) is 0 Å². The molecule has 1 aliphatic rings. The van der Waals surface area contributed by atoms with E-state index in [0.717, 1.165) is 44.0 Å². The van der Waals surface area contributed by atoms with Crippen LogP contribution < -0.4 is 14.8 Å². The van der Waals surface area contributed by atoms with Crippen LogP contribution in [0.2, 0.25) is 0 Å². The number of nitrogens with zero attached hydrogens (tertiary/aromatic N) is 1. The van der Waals surface area contributed by atoms with E-state index >= 15 is 0 Å². The first-order chi connectivity index (χ1) is 11.2. The average Bonchev–Trinajstić information content (AvgIpc) is 2.57. The Morgan fingerprint density at radius 1 is 1.17 bits per heavy atom. The Morgan fingerprint density at radius 3 is 2.52 bits per heavy atom. The van der Waals surface area contributed by atoms with Crippen LogP contribution in [-0.4, -0.2) is 44.7 Å². The zero-order valence-corrected chi connectivity index (χ0v) is 14.5. The minimum atomic E-state index is 0.116. The van der Waals surface area contributed by atoms with Crippen LogP contribution in [0, 0.1) is 0 Å². The number of carbonyl (C=O) groups excluding carboxylic acids is 1. The third-order valence-electron chi connectivity index (χ3n) is 4.27. The first kappa shape index (κ1) is 17.6. The number of unbranched alkanes of at least 4 members (excludes halogenated alkanes) is 2. The summed E-state index contributed by atoms with van der Waals surface area (Å²) in [5.74, 6) is 1.63. The maximum Gasteiger partial charge on any atom is 0.234 e. The highest BCUT2D eigenvalue weighted by Gasteiger charge is 2.20. The Kier molecular flexibility index (Phi) is 6.71. The molecule has 0 saturated heterocycles. The molecule has 0 fully saturated rings. The Hall–Kier alpha value is -1.75. The number of rotatable bonds is 8. The van der Waals surface area contributed by atoms with Gasteiger partial charge in [-0.2, -0.15) is 0 Å². The van der Waals surface area contributed by atoms with Crippen molar-refractivity contribution in [3.8, 4) is 11.5 Å². The standard InChI is InChI=1S/C18H28N2O3/c1-4-5-6-8-19-18(21)13-20-9-7-14-10-16(22-2)17(23-3)11-15(14)12-20/h10-11H,4-9,12-13H2,1-3H3,(H,19,21). The molecule has 128 valence electrons. The van der Waals surface area contributed by atoms with Crippen molar-refractivity contribution in [1.29, 1.82) is 0 Å². The summed E-state index contributed by atoms with van der Waals surface area (Å²) < 4.78 is 10.7. The van der Waals surface area contributed by atoms with E-state index in [4.69, 9.17) is 9.47 Å². The van der Waals surface area contributed by atoms with Crippen molar-refractivity contribution in [2.24, 2.45) is 0 Å². The van der Waals surface area contributed by atoms with Gasteiger partial charge in [0.05, 0.1) is 20.8 Å². The number of nitrogens with one attached hydrogen (secondary N) is 1. The monoisotopic (exact) mass is 320 g/mol. The third kappa shape index (κ3) is 4.86. The number of carbonyl (C=O) groups is 1. The molecule has 1 aliphatic heterocycles. The lowest BCUT2D eigenvalue weighted by molar-refractivity contribution is -0.122. The van der Waals surface area contributed by atoms with Gasteiger partial charge in [0.1, 0.15) is 0 Å². The zero-order valence-electron chi connectivity index (χ0n) is 14.5. The molecule has 0 aromatic heterocycles. The zero-order chi connectivity index (χ0) is 16.7. The normalized spacial score (nSPS) is 14.2. The van der Waals surface area contributed by atoms with Gasteiger partial charge < -0.3 is 14.8 Å². The van der Waals surface area contributed by atoms with E-state index in [1.165, 1.54) is 24.0 Å². The predicted molar refractivity (Wildman–Crippen MR) is 91.1 cm³/mol. The summed E-state index contributed by atoms with van der Waals surface area (Å²) in [5.41, 5.74) is 2.50. The SMILES string of the molecule is CCCCCNC(=O)CN1CCc2cc(OC)c(OC)cc2C1. The van der Waals surface area contributed by atoms with Crippen molar-refractivity contribution in [3.63, 3.8) is 0 Å². The van der Waals surface area contributed by atoms with Crippen molar-refractivity contribution >= 4 is 5.91 Å². The summed E-state index contributed by atoms with van der Waals surface area (Å²) in [6, 6.07) is 4.08. The molecule has 1 aromatic rings. The van der Waals surface area contributed by atoms with Crippen LogP contribution in [0.3, 0.4) is 0 Å². The van der Waals surface area contributed by atoms with E-state index in [2.05, 4.69) is 23.2 Å². The molecule has 1 aromatic carbocycles. The smallest absolute Gasteiger partial charge is 0.234 e. The van der Waals surface area contributed by atoms with Crippen molar-refractivity contribution < 1.29 is 14.3 Å². The number of hydrogen-bond acceptors (Lipinski definition) is 4. The van der Waals surface area contributed by atoms with Crippen LogP contribution in [0.15, 0.2) is 12.1 Å². The largest absolute Gasteiger partial charge is 0.493 e. The summed E-state index contributed by atoms with van der Waals surface area (Å²) in [6.45, 7) is 5.07. The highest BCUT2D eigenvalue weighted by Crippen LogP contribution is 2.33. The van der Waals surface area contributed by atoms with E-state index in [9.17, 15) is 4.79 Å². The second kappa shape index (κ2) is 8.77. The summed E-state index contributed by atoms with van der Waals surface area (Å²) in [6.07, 6.45) is 4.32. The van der Waals surface area contributed by atoms with Crippen LogP contribution in [0.25, 0.3) is 0 Å². The molecular weight excluding hydrogens is 292 g/mol. The number of hydrogen-bond donors (Lipinski definition) is 1. The molecule has 5 heteroatoms. The lowest BCUT2D eigenvalue weighted by Crippen LogP contribution is -2.40. The number of methoxy groups -OCH3 is 2. The molecule has 0 spiro atoms. The Bertz CT molecular complexity index is 531. The lowest BCUT2D eigenvalue weighted by Gasteiger charge is -2.29. The van der Waals surface area contributed by atoms with Crippen molar-refractivity contribution in [2.75, 3.05) is 33.9 Å². The molecule has 1 amide bonds. The summed E-state index contributed by atoms with van der Waals surface area (Å²) in [5, 5.41) is 3.00. The maximum absolute atomic E-state index is 12.0. The molecule has 5 nitrogen and oxygen atoms in total. The van der Waals surface area contributed by atoms with Gasteiger partial charge in [0.2, 0.25) is 5.91 Å². The highest BCUT2D eigenvalue weighted by atomic mass is 16.5. The van der Waals surface area contributed by atoms with Crippen LogP contribution in [0.1, 0.15) is 37.3 Å². The van der Waals surface area contributed by atoms with Gasteiger partial charge in [-0.05, 0) is 36.1 Å². The van der Waals surface area contributed by atoms with Gasteiger partial charge >= 0.3 is 0 Å². The molecule has 0 aliphatic carbocycles. The van der Waals surface area contributed by atoms with Gasteiger partial charge in [-0.15, -0.1) is 0 Å². The number of fused-ring (bicyclic) bond motifs is 1. The summed E-state index contributed by atoms with van der Waals surface area (Å²) >= 11 is 0. The van der Waals surface area contributed by atoms with Crippen molar-refractivity contribution in [2.45, 2.75) is 39.2 Å². The van der Waals surface area contributed by atoms with Gasteiger partial charge in [0.25, 0.3) is 0 Å². The predicted octanol–water partition coefficient (Wildman–Crippen LogP) is 2.37. The van der Waals surface area contributed by atoms with E-state index in [-0.39, 0.29) is 5.91 Å². The van der Waals surface area contributed by atoms with E-state index in [0.29, 0.717) is 6.54 Å². The number of ether oxygens (including phenoxy) is 2. The molecule has 0 unspecified atom stereocenters. The fourth-order valence-electron chi connectivity index (χ4n) is 2.94. The van der Waals surface area contributed by atoms with Crippen LogP contribution in [0.5, 0.6) is 11.5 Å². The minimum Gasteiger partial charge on any atom is -0.493 e. The molecule has 0 saturated carbocycles. The third-order valence-corrected chi connectivity index (χ3v) is 4.27. The molecule has 0 bridgehead atoms. The minimum absolute atomic E-state index is 0.116.